The van der Waals surface area contributed by atoms with Gasteiger partial charge in [0.05, 0.1) is 0 Å². The molecule has 0 amide bonds. The number of hydrogen-bond donors (Lipinski definition) is 0. The molecule has 0 atom stereocenters. The van der Waals surface area contributed by atoms with Gasteiger partial charge in [0, 0.05) is 17.2 Å². The first-order valence-electron chi connectivity index (χ1n) is 4.32. The summed E-state index contributed by atoms with van der Waals surface area (Å²) in [5, 5.41) is 2.09. The smallest absolute Gasteiger partial charge is 0.140 e. The second-order valence-corrected chi connectivity index (χ2v) is 4.60. The van der Waals surface area contributed by atoms with Crippen molar-refractivity contribution in [1.82, 2.24) is 0 Å². The molecule has 1 fully saturated rings. The number of rotatable bonds is 3. The molecule has 1 aliphatic carbocycles. The average molecular weight is 180 g/mol. The van der Waals surface area contributed by atoms with E-state index in [1.54, 1.807) is 11.3 Å². The monoisotopic (exact) mass is 180 g/mol. The van der Waals surface area contributed by atoms with Crippen LogP contribution in [0.2, 0.25) is 0 Å². The van der Waals surface area contributed by atoms with Gasteiger partial charge in [0.2, 0.25) is 0 Å². The lowest BCUT2D eigenvalue weighted by molar-refractivity contribution is -0.119. The van der Waals surface area contributed by atoms with Crippen LogP contribution in [0.15, 0.2) is 11.4 Å². The zero-order chi connectivity index (χ0) is 8.55. The van der Waals surface area contributed by atoms with Crippen LogP contribution in [0.5, 0.6) is 0 Å². The number of aryl methyl sites for hydroxylation is 1. The van der Waals surface area contributed by atoms with Crippen LogP contribution in [0.3, 0.4) is 0 Å². The molecule has 0 bridgehead atoms. The molecule has 0 aromatic carbocycles. The summed E-state index contributed by atoms with van der Waals surface area (Å²) in [4.78, 5) is 12.7. The molecular formula is C10H12OS. The van der Waals surface area contributed by atoms with E-state index in [9.17, 15) is 4.79 Å². The summed E-state index contributed by atoms with van der Waals surface area (Å²) >= 11 is 1.73. The van der Waals surface area contributed by atoms with Crippen molar-refractivity contribution in [3.63, 3.8) is 0 Å². The highest BCUT2D eigenvalue weighted by Crippen LogP contribution is 2.31. The van der Waals surface area contributed by atoms with Crippen LogP contribution in [-0.2, 0) is 11.2 Å². The minimum atomic E-state index is 0.408. The molecule has 0 saturated heterocycles. The fraction of sp³-hybridized carbons (Fsp3) is 0.500. The molecule has 2 rings (SSSR count). The predicted molar refractivity (Wildman–Crippen MR) is 50.5 cm³/mol. The fourth-order valence-corrected chi connectivity index (χ4v) is 2.05. The van der Waals surface area contributed by atoms with Gasteiger partial charge in [-0.3, -0.25) is 4.79 Å². The largest absolute Gasteiger partial charge is 0.299 e. The topological polar surface area (TPSA) is 17.1 Å². The number of Topliss-reactive ketones (excluding diaryl/α,β-unsaturated/α-hetero) is 1. The maximum Gasteiger partial charge on any atom is 0.140 e. The molecule has 0 radical (unpaired) electrons. The Morgan fingerprint density at radius 3 is 2.92 bits per heavy atom. The van der Waals surface area contributed by atoms with Gasteiger partial charge in [-0.05, 0) is 36.8 Å². The molecule has 0 spiro atoms. The summed E-state index contributed by atoms with van der Waals surface area (Å²) in [6, 6.07) is 2.12. The van der Waals surface area contributed by atoms with Crippen molar-refractivity contribution in [2.45, 2.75) is 26.2 Å². The molecule has 12 heavy (non-hydrogen) atoms. The van der Waals surface area contributed by atoms with E-state index in [4.69, 9.17) is 0 Å². The van der Waals surface area contributed by atoms with Crippen LogP contribution >= 0.6 is 11.3 Å². The molecule has 0 N–H and O–H groups in total. The Hall–Kier alpha value is -0.630. The lowest BCUT2D eigenvalue weighted by Crippen LogP contribution is -2.03. The van der Waals surface area contributed by atoms with Gasteiger partial charge >= 0.3 is 0 Å². The third-order valence-corrected chi connectivity index (χ3v) is 3.11. The Labute approximate surface area is 76.4 Å². The van der Waals surface area contributed by atoms with Crippen LogP contribution in [0.4, 0.5) is 0 Å². The molecule has 1 aromatic heterocycles. The van der Waals surface area contributed by atoms with Crippen molar-refractivity contribution in [1.29, 1.82) is 0 Å². The zero-order valence-corrected chi connectivity index (χ0v) is 7.99. The van der Waals surface area contributed by atoms with E-state index >= 15 is 0 Å². The normalized spacial score (nSPS) is 16.4. The first kappa shape index (κ1) is 7.99. The molecular weight excluding hydrogens is 168 g/mol. The fourth-order valence-electron chi connectivity index (χ4n) is 1.34. The van der Waals surface area contributed by atoms with Crippen LogP contribution in [0.1, 0.15) is 23.3 Å². The van der Waals surface area contributed by atoms with Crippen LogP contribution < -0.4 is 0 Å². The number of ketones is 1. The quantitative estimate of drug-likeness (QED) is 0.698. The van der Waals surface area contributed by atoms with Crippen LogP contribution in [0.25, 0.3) is 0 Å². The molecule has 0 unspecified atom stereocenters. The van der Waals surface area contributed by atoms with E-state index in [1.807, 2.05) is 0 Å². The summed E-state index contributed by atoms with van der Waals surface area (Å²) in [6.07, 6.45) is 2.92. The van der Waals surface area contributed by atoms with Crippen molar-refractivity contribution in [2.24, 2.45) is 5.92 Å². The van der Waals surface area contributed by atoms with Crippen molar-refractivity contribution in [2.75, 3.05) is 0 Å². The number of carbonyl (C=O) groups is 1. The number of hydrogen-bond acceptors (Lipinski definition) is 2. The molecule has 1 saturated carbocycles. The van der Waals surface area contributed by atoms with Gasteiger partial charge in [-0.1, -0.05) is 0 Å². The van der Waals surface area contributed by atoms with Crippen molar-refractivity contribution >= 4 is 17.1 Å². The first-order chi connectivity index (χ1) is 5.75. The molecule has 64 valence electrons. The predicted octanol–water partition coefficient (Wildman–Crippen LogP) is 2.58. The highest BCUT2D eigenvalue weighted by Gasteiger charge is 2.29. The van der Waals surface area contributed by atoms with E-state index in [0.717, 1.165) is 12.8 Å². The SMILES string of the molecule is Cc1cc(CC(=O)C2CC2)cs1. The lowest BCUT2D eigenvalue weighted by atomic mass is 10.1. The van der Waals surface area contributed by atoms with Gasteiger partial charge in [0.1, 0.15) is 5.78 Å². The number of carbonyl (C=O) groups excluding carboxylic acids is 1. The minimum absolute atomic E-state index is 0.408. The Bertz CT molecular complexity index is 297. The van der Waals surface area contributed by atoms with Crippen LogP contribution in [0, 0.1) is 12.8 Å². The third-order valence-electron chi connectivity index (χ3n) is 2.20. The molecule has 1 heterocycles. The summed E-state index contributed by atoms with van der Waals surface area (Å²) in [5.74, 6) is 0.845. The average Bonchev–Trinajstić information content (AvgIpc) is 2.78. The van der Waals surface area contributed by atoms with Gasteiger partial charge in [0.25, 0.3) is 0 Å². The second kappa shape index (κ2) is 3.02. The van der Waals surface area contributed by atoms with Gasteiger partial charge < -0.3 is 0 Å². The third kappa shape index (κ3) is 1.75. The van der Waals surface area contributed by atoms with Crippen molar-refractivity contribution < 1.29 is 4.79 Å². The lowest BCUT2D eigenvalue weighted by Gasteiger charge is -1.93. The molecule has 2 heteroatoms. The second-order valence-electron chi connectivity index (χ2n) is 3.48. The highest BCUT2D eigenvalue weighted by molar-refractivity contribution is 7.10. The van der Waals surface area contributed by atoms with E-state index in [0.29, 0.717) is 18.1 Å². The Morgan fingerprint density at radius 2 is 2.42 bits per heavy atom. The first-order valence-corrected chi connectivity index (χ1v) is 5.20. The zero-order valence-electron chi connectivity index (χ0n) is 7.17. The van der Waals surface area contributed by atoms with Crippen molar-refractivity contribution in [3.05, 3.63) is 21.9 Å². The molecule has 1 aliphatic rings. The van der Waals surface area contributed by atoms with Gasteiger partial charge in [-0.15, -0.1) is 11.3 Å². The van der Waals surface area contributed by atoms with Gasteiger partial charge in [-0.2, -0.15) is 0 Å². The number of thiophene rings is 1. The summed E-state index contributed by atoms with van der Waals surface area (Å²) in [6.45, 7) is 2.08. The van der Waals surface area contributed by atoms with Gasteiger partial charge in [-0.25, -0.2) is 0 Å². The van der Waals surface area contributed by atoms with E-state index < -0.39 is 0 Å². The van der Waals surface area contributed by atoms with Gasteiger partial charge in [0.15, 0.2) is 0 Å². The molecule has 1 nitrogen and oxygen atoms in total. The Balaban J connectivity index is 1.98. The standard InChI is InChI=1S/C10H12OS/c1-7-4-8(6-12-7)5-10(11)9-2-3-9/h4,6,9H,2-3,5H2,1H3. The van der Waals surface area contributed by atoms with E-state index in [1.165, 1.54) is 10.4 Å². The Kier molecular flexibility index (Phi) is 2.01. The minimum Gasteiger partial charge on any atom is -0.299 e. The molecule has 1 aromatic rings. The summed E-state index contributed by atoms with van der Waals surface area (Å²) in [5.41, 5.74) is 1.20. The molecule has 0 aliphatic heterocycles. The summed E-state index contributed by atoms with van der Waals surface area (Å²) in [7, 11) is 0. The van der Waals surface area contributed by atoms with E-state index in [2.05, 4.69) is 18.4 Å². The van der Waals surface area contributed by atoms with E-state index in [-0.39, 0.29) is 0 Å². The van der Waals surface area contributed by atoms with Crippen LogP contribution in [-0.4, -0.2) is 5.78 Å². The highest BCUT2D eigenvalue weighted by atomic mass is 32.1. The maximum absolute atomic E-state index is 11.4. The Morgan fingerprint density at radius 1 is 1.67 bits per heavy atom. The summed E-state index contributed by atoms with van der Waals surface area (Å²) < 4.78 is 0. The maximum atomic E-state index is 11.4. The van der Waals surface area contributed by atoms with Crippen molar-refractivity contribution in [3.8, 4) is 0 Å².